The van der Waals surface area contributed by atoms with Crippen LogP contribution in [0.5, 0.6) is 0 Å². The van der Waals surface area contributed by atoms with Gasteiger partial charge in [-0.1, -0.05) is 36.3 Å². The molecular formula is C19H23N5O. The Morgan fingerprint density at radius 1 is 1.32 bits per heavy atom. The van der Waals surface area contributed by atoms with Gasteiger partial charge in [-0.3, -0.25) is 14.8 Å². The van der Waals surface area contributed by atoms with Crippen molar-refractivity contribution in [1.82, 2.24) is 25.4 Å². The molecule has 1 aromatic carbocycles. The van der Waals surface area contributed by atoms with E-state index in [0.29, 0.717) is 25.3 Å². The first-order chi connectivity index (χ1) is 12.3. The molecule has 3 rings (SSSR count). The molecule has 1 aromatic heterocycles. The molecule has 130 valence electrons. The van der Waals surface area contributed by atoms with Crippen LogP contribution in [0.2, 0.25) is 0 Å². The molecule has 0 radical (unpaired) electrons. The number of rotatable bonds is 6. The van der Waals surface area contributed by atoms with Gasteiger partial charge in [-0.25, -0.2) is 4.98 Å². The molecule has 2 N–H and O–H groups in total. The molecule has 6 nitrogen and oxygen atoms in total. The second-order valence-corrected chi connectivity index (χ2v) is 6.27. The van der Waals surface area contributed by atoms with Crippen molar-refractivity contribution in [3.05, 3.63) is 36.2 Å². The van der Waals surface area contributed by atoms with E-state index in [1.165, 1.54) is 0 Å². The van der Waals surface area contributed by atoms with Gasteiger partial charge in [0.15, 0.2) is 5.82 Å². The maximum absolute atomic E-state index is 12.3. The summed E-state index contributed by atoms with van der Waals surface area (Å²) >= 11 is 0. The number of likely N-dealkylation sites (tertiary alicyclic amines) is 1. The van der Waals surface area contributed by atoms with E-state index in [4.69, 9.17) is 6.42 Å². The summed E-state index contributed by atoms with van der Waals surface area (Å²) in [5.74, 6) is 4.34. The Labute approximate surface area is 148 Å². The Kier molecular flexibility index (Phi) is 5.81. The number of hydrogen-bond acceptors (Lipinski definition) is 4. The monoisotopic (exact) mass is 337 g/mol. The fourth-order valence-corrected chi connectivity index (χ4v) is 3.05. The third-order valence-electron chi connectivity index (χ3n) is 4.50. The Morgan fingerprint density at radius 3 is 2.80 bits per heavy atom. The molecular weight excluding hydrogens is 314 g/mol. The van der Waals surface area contributed by atoms with Crippen molar-refractivity contribution >= 4 is 5.91 Å². The largest absolute Gasteiger partial charge is 0.355 e. The molecule has 1 aliphatic heterocycles. The number of hydrogen-bond donors (Lipinski definition) is 2. The lowest BCUT2D eigenvalue weighted by Crippen LogP contribution is -2.41. The van der Waals surface area contributed by atoms with E-state index in [-0.39, 0.29) is 11.8 Å². The maximum atomic E-state index is 12.3. The third kappa shape index (κ3) is 4.68. The molecule has 0 bridgehead atoms. The highest BCUT2D eigenvalue weighted by atomic mass is 16.1. The van der Waals surface area contributed by atoms with Crippen molar-refractivity contribution in [2.24, 2.45) is 5.92 Å². The van der Waals surface area contributed by atoms with Crippen molar-refractivity contribution in [3.63, 3.8) is 0 Å². The second-order valence-electron chi connectivity index (χ2n) is 6.27. The summed E-state index contributed by atoms with van der Waals surface area (Å²) < 4.78 is 0. The Hall–Kier alpha value is -2.65. The van der Waals surface area contributed by atoms with Crippen LogP contribution in [0.3, 0.4) is 0 Å². The molecule has 0 spiro atoms. The van der Waals surface area contributed by atoms with Crippen LogP contribution >= 0.6 is 0 Å². The Balaban J connectivity index is 1.42. The molecule has 1 aliphatic rings. The van der Waals surface area contributed by atoms with Crippen LogP contribution in [0.25, 0.3) is 11.4 Å². The number of carbonyl (C=O) groups excluding carboxylic acids is 1. The highest BCUT2D eigenvalue weighted by Crippen LogP contribution is 2.17. The van der Waals surface area contributed by atoms with Crippen molar-refractivity contribution < 1.29 is 4.79 Å². The number of terminal acetylenes is 1. The number of piperidine rings is 1. The van der Waals surface area contributed by atoms with Crippen molar-refractivity contribution in [2.45, 2.75) is 19.3 Å². The first kappa shape index (κ1) is 17.2. The lowest BCUT2D eigenvalue weighted by atomic mass is 9.96. The normalized spacial score (nSPS) is 15.6. The topological polar surface area (TPSA) is 73.9 Å². The summed E-state index contributed by atoms with van der Waals surface area (Å²) in [5.41, 5.74) is 0.979. The zero-order valence-electron chi connectivity index (χ0n) is 14.2. The lowest BCUT2D eigenvalue weighted by Gasteiger charge is -2.29. The highest BCUT2D eigenvalue weighted by molar-refractivity contribution is 5.78. The van der Waals surface area contributed by atoms with E-state index >= 15 is 0 Å². The van der Waals surface area contributed by atoms with E-state index in [9.17, 15) is 4.79 Å². The molecule has 0 saturated carbocycles. The van der Waals surface area contributed by atoms with Gasteiger partial charge in [0.1, 0.15) is 5.82 Å². The van der Waals surface area contributed by atoms with Crippen LogP contribution in [0.15, 0.2) is 30.3 Å². The number of aromatic amines is 1. The Bertz CT molecular complexity index is 726. The van der Waals surface area contributed by atoms with Crippen molar-refractivity contribution in [2.75, 3.05) is 26.2 Å². The third-order valence-corrected chi connectivity index (χ3v) is 4.50. The van der Waals surface area contributed by atoms with Crippen LogP contribution in [0.1, 0.15) is 18.7 Å². The fourth-order valence-electron chi connectivity index (χ4n) is 3.05. The molecule has 1 saturated heterocycles. The molecule has 1 fully saturated rings. The van der Waals surface area contributed by atoms with Crippen molar-refractivity contribution in [1.29, 1.82) is 0 Å². The van der Waals surface area contributed by atoms with Crippen molar-refractivity contribution in [3.8, 4) is 23.7 Å². The molecule has 6 heteroatoms. The molecule has 2 aromatic rings. The van der Waals surface area contributed by atoms with Crippen LogP contribution in [-0.2, 0) is 11.2 Å². The lowest BCUT2D eigenvalue weighted by molar-refractivity contribution is -0.126. The van der Waals surface area contributed by atoms with Gasteiger partial charge < -0.3 is 5.32 Å². The summed E-state index contributed by atoms with van der Waals surface area (Å²) in [4.78, 5) is 19.0. The average Bonchev–Trinajstić information content (AvgIpc) is 3.12. The molecule has 0 aliphatic carbocycles. The number of nitrogens with one attached hydrogen (secondary N) is 2. The zero-order chi connectivity index (χ0) is 17.5. The summed E-state index contributed by atoms with van der Waals surface area (Å²) in [6.07, 6.45) is 7.71. The minimum atomic E-state index is 0.0867. The van der Waals surface area contributed by atoms with E-state index in [2.05, 4.69) is 31.3 Å². The smallest absolute Gasteiger partial charge is 0.223 e. The fraction of sp³-hybridized carbons (Fsp3) is 0.421. The SMILES string of the molecule is C#CCN1CCC(C(=O)NCCc2nc(-c3ccccc3)n[nH]2)CC1. The molecule has 2 heterocycles. The maximum Gasteiger partial charge on any atom is 0.223 e. The van der Waals surface area contributed by atoms with Gasteiger partial charge in [0.25, 0.3) is 0 Å². The average molecular weight is 337 g/mol. The standard InChI is InChI=1S/C19H23N5O/c1-2-12-24-13-9-16(10-14-24)19(25)20-11-8-17-21-18(23-22-17)15-6-4-3-5-7-15/h1,3-7,16H,8-14H2,(H,20,25)(H,21,22,23). The minimum absolute atomic E-state index is 0.0867. The van der Waals surface area contributed by atoms with E-state index in [1.807, 2.05) is 30.3 Å². The van der Waals surface area contributed by atoms with Gasteiger partial charge in [-0.2, -0.15) is 5.10 Å². The highest BCUT2D eigenvalue weighted by Gasteiger charge is 2.24. The van der Waals surface area contributed by atoms with Gasteiger partial charge in [0.2, 0.25) is 5.91 Å². The quantitative estimate of drug-likeness (QED) is 0.783. The van der Waals surface area contributed by atoms with E-state index in [0.717, 1.165) is 37.3 Å². The zero-order valence-corrected chi connectivity index (χ0v) is 14.2. The van der Waals surface area contributed by atoms with Gasteiger partial charge in [-0.15, -0.1) is 6.42 Å². The Morgan fingerprint density at radius 2 is 2.08 bits per heavy atom. The molecule has 25 heavy (non-hydrogen) atoms. The minimum Gasteiger partial charge on any atom is -0.355 e. The van der Waals surface area contributed by atoms with Gasteiger partial charge in [0, 0.05) is 24.4 Å². The van der Waals surface area contributed by atoms with Gasteiger partial charge >= 0.3 is 0 Å². The summed E-state index contributed by atoms with van der Waals surface area (Å²) in [6.45, 7) is 3.02. The summed E-state index contributed by atoms with van der Waals surface area (Å²) in [6, 6.07) is 9.83. The number of benzene rings is 1. The predicted octanol–water partition coefficient (Wildman–Crippen LogP) is 1.48. The number of aromatic nitrogens is 3. The van der Waals surface area contributed by atoms with Crippen LogP contribution < -0.4 is 5.32 Å². The van der Waals surface area contributed by atoms with Crippen LogP contribution in [0.4, 0.5) is 0 Å². The second kappa shape index (κ2) is 8.45. The molecule has 0 atom stereocenters. The summed E-state index contributed by atoms with van der Waals surface area (Å²) in [7, 11) is 0. The van der Waals surface area contributed by atoms with E-state index < -0.39 is 0 Å². The number of carbonyl (C=O) groups is 1. The van der Waals surface area contributed by atoms with Crippen LogP contribution in [0, 0.1) is 18.3 Å². The number of amides is 1. The first-order valence-electron chi connectivity index (χ1n) is 8.66. The molecule has 0 unspecified atom stereocenters. The van der Waals surface area contributed by atoms with E-state index in [1.54, 1.807) is 0 Å². The van der Waals surface area contributed by atoms with Crippen LogP contribution in [-0.4, -0.2) is 52.2 Å². The summed E-state index contributed by atoms with van der Waals surface area (Å²) in [5, 5.41) is 10.2. The predicted molar refractivity (Wildman–Crippen MR) is 96.5 cm³/mol. The number of H-pyrrole nitrogens is 1. The first-order valence-corrected chi connectivity index (χ1v) is 8.66. The number of nitrogens with zero attached hydrogens (tertiary/aromatic N) is 3. The van der Waals surface area contributed by atoms with Gasteiger partial charge in [-0.05, 0) is 25.9 Å². The van der Waals surface area contributed by atoms with Gasteiger partial charge in [0.05, 0.1) is 6.54 Å². The molecule has 1 amide bonds.